The van der Waals surface area contributed by atoms with E-state index in [-0.39, 0.29) is 17.9 Å². The van der Waals surface area contributed by atoms with E-state index in [1.165, 1.54) is 12.1 Å². The number of alkyl halides is 3. The topological polar surface area (TPSA) is 75.6 Å². The lowest BCUT2D eigenvalue weighted by molar-refractivity contribution is -0.150. The van der Waals surface area contributed by atoms with E-state index in [4.69, 9.17) is 4.74 Å². The monoisotopic (exact) mass is 537 g/mol. The number of nitrogens with one attached hydrogen (secondary N) is 1. The second kappa shape index (κ2) is 9.57. The molecule has 204 valence electrons. The van der Waals surface area contributed by atoms with Crippen LogP contribution in [-0.2, 0) is 17.6 Å². The summed E-state index contributed by atoms with van der Waals surface area (Å²) in [6.07, 6.45) is 1.52. The van der Waals surface area contributed by atoms with E-state index >= 15 is 0 Å². The van der Waals surface area contributed by atoms with Crippen LogP contribution in [0.5, 0.6) is 5.75 Å². The molecule has 4 aliphatic rings. The molecule has 4 aliphatic carbocycles. The fourth-order valence-corrected chi connectivity index (χ4v) is 7.74. The molecule has 8 heteroatoms. The van der Waals surface area contributed by atoms with E-state index in [2.05, 4.69) is 5.32 Å². The van der Waals surface area contributed by atoms with Gasteiger partial charge in [0.25, 0.3) is 5.91 Å². The minimum Gasteiger partial charge on any atom is -0.487 e. The van der Waals surface area contributed by atoms with Gasteiger partial charge in [-0.1, -0.05) is 42.5 Å². The van der Waals surface area contributed by atoms with Gasteiger partial charge >= 0.3 is 12.1 Å². The number of carbonyl (C=O) groups is 2. The van der Waals surface area contributed by atoms with Crippen LogP contribution < -0.4 is 10.1 Å². The average Bonchev–Trinajstić information content (AvgIpc) is 2.89. The van der Waals surface area contributed by atoms with Gasteiger partial charge in [-0.15, -0.1) is 0 Å². The standard InChI is InChI=1S/C31H30F3NO4/c32-31(33,34)23-8-5-18(6-9-23)17-39-26-24-4-2-1-3-22(24)7-10-25(26)28(36)35-27(29(37)38)30-14-19-11-20(15-30)13-21(12-19)16-30/h1-10,19-21,27H,11-17H2,(H,35,36)(H,37,38)/t19?,20?,21?,27-,30?/m1/s1. The molecule has 3 aromatic rings. The first-order chi connectivity index (χ1) is 18.6. The third-order valence-electron chi connectivity index (χ3n) is 9.01. The van der Waals surface area contributed by atoms with E-state index in [9.17, 15) is 27.9 Å². The van der Waals surface area contributed by atoms with Gasteiger partial charge in [-0.2, -0.15) is 13.2 Å². The van der Waals surface area contributed by atoms with Gasteiger partial charge in [0.15, 0.2) is 0 Å². The molecule has 0 heterocycles. The number of carbonyl (C=O) groups excluding carboxylic acids is 1. The molecule has 0 saturated heterocycles. The highest BCUT2D eigenvalue weighted by molar-refractivity contribution is 6.05. The first-order valence-corrected chi connectivity index (χ1v) is 13.5. The number of hydrogen-bond acceptors (Lipinski definition) is 3. The van der Waals surface area contributed by atoms with Crippen LogP contribution in [0.3, 0.4) is 0 Å². The first-order valence-electron chi connectivity index (χ1n) is 13.5. The van der Waals surface area contributed by atoms with Gasteiger partial charge in [-0.3, -0.25) is 4.79 Å². The van der Waals surface area contributed by atoms with Gasteiger partial charge in [-0.25, -0.2) is 4.79 Å². The van der Waals surface area contributed by atoms with Gasteiger partial charge in [0.05, 0.1) is 11.1 Å². The molecule has 4 fully saturated rings. The molecule has 0 radical (unpaired) electrons. The summed E-state index contributed by atoms with van der Waals surface area (Å²) in [6.45, 7) is -0.0518. The Morgan fingerprint density at radius 3 is 2.13 bits per heavy atom. The van der Waals surface area contributed by atoms with Crippen LogP contribution in [0.25, 0.3) is 10.8 Å². The number of aliphatic carboxylic acids is 1. The Morgan fingerprint density at radius 2 is 1.54 bits per heavy atom. The lowest BCUT2D eigenvalue weighted by Crippen LogP contribution is -2.59. The van der Waals surface area contributed by atoms with Crippen LogP contribution in [0.4, 0.5) is 13.2 Å². The molecule has 7 rings (SSSR count). The van der Waals surface area contributed by atoms with E-state index in [1.54, 1.807) is 12.1 Å². The van der Waals surface area contributed by atoms with Gasteiger partial charge in [-0.05, 0) is 85.4 Å². The number of carboxylic acid groups (broad SMARTS) is 1. The second-order valence-electron chi connectivity index (χ2n) is 11.7. The number of carboxylic acids is 1. The Morgan fingerprint density at radius 1 is 0.923 bits per heavy atom. The number of fused-ring (bicyclic) bond motifs is 1. The minimum absolute atomic E-state index is 0.0518. The number of rotatable bonds is 7. The highest BCUT2D eigenvalue weighted by Crippen LogP contribution is 2.61. The Balaban J connectivity index is 1.28. The number of halogens is 3. The third-order valence-corrected chi connectivity index (χ3v) is 9.01. The fourth-order valence-electron chi connectivity index (χ4n) is 7.74. The summed E-state index contributed by atoms with van der Waals surface area (Å²) in [4.78, 5) is 26.3. The van der Waals surface area contributed by atoms with E-state index < -0.39 is 35.1 Å². The van der Waals surface area contributed by atoms with Crippen LogP contribution in [0.2, 0.25) is 0 Å². The summed E-state index contributed by atoms with van der Waals surface area (Å²) < 4.78 is 45.0. The molecule has 4 saturated carbocycles. The predicted molar refractivity (Wildman–Crippen MR) is 139 cm³/mol. The maximum atomic E-state index is 13.7. The first kappa shape index (κ1) is 25.7. The van der Waals surface area contributed by atoms with Crippen molar-refractivity contribution in [3.63, 3.8) is 0 Å². The van der Waals surface area contributed by atoms with Crippen molar-refractivity contribution in [1.29, 1.82) is 0 Å². The lowest BCUT2D eigenvalue weighted by atomic mass is 9.47. The number of hydrogen-bond donors (Lipinski definition) is 2. The molecule has 1 atom stereocenters. The zero-order chi connectivity index (χ0) is 27.4. The van der Waals surface area contributed by atoms with Crippen LogP contribution in [0.15, 0.2) is 60.7 Å². The van der Waals surface area contributed by atoms with E-state index in [0.29, 0.717) is 28.7 Å². The van der Waals surface area contributed by atoms with E-state index in [0.717, 1.165) is 56.0 Å². The van der Waals surface area contributed by atoms with Crippen molar-refractivity contribution in [2.45, 2.75) is 57.3 Å². The maximum absolute atomic E-state index is 13.7. The summed E-state index contributed by atoms with van der Waals surface area (Å²) >= 11 is 0. The van der Waals surface area contributed by atoms with Gasteiger partial charge < -0.3 is 15.2 Å². The molecule has 5 nitrogen and oxygen atoms in total. The Bertz CT molecular complexity index is 1380. The van der Waals surface area contributed by atoms with Crippen molar-refractivity contribution in [1.82, 2.24) is 5.32 Å². The molecule has 3 aromatic carbocycles. The molecule has 1 amide bonds. The highest BCUT2D eigenvalue weighted by Gasteiger charge is 2.56. The number of ether oxygens (including phenoxy) is 1. The molecule has 0 spiro atoms. The Hall–Kier alpha value is -3.55. The molecule has 0 aromatic heterocycles. The summed E-state index contributed by atoms with van der Waals surface area (Å²) in [5.41, 5.74) is -0.467. The molecule has 39 heavy (non-hydrogen) atoms. The molecular formula is C31H30F3NO4. The predicted octanol–water partition coefficient (Wildman–Crippen LogP) is 6.84. The van der Waals surface area contributed by atoms with Crippen molar-refractivity contribution in [2.24, 2.45) is 23.2 Å². The summed E-state index contributed by atoms with van der Waals surface area (Å²) in [6, 6.07) is 14.5. The molecular weight excluding hydrogens is 507 g/mol. The molecule has 0 unspecified atom stereocenters. The molecule has 0 aliphatic heterocycles. The van der Waals surface area contributed by atoms with Gasteiger partial charge in [0, 0.05) is 10.8 Å². The van der Waals surface area contributed by atoms with Crippen LogP contribution in [-0.4, -0.2) is 23.0 Å². The van der Waals surface area contributed by atoms with Crippen molar-refractivity contribution in [2.75, 3.05) is 0 Å². The van der Waals surface area contributed by atoms with Crippen LogP contribution >= 0.6 is 0 Å². The Kier molecular flexibility index (Phi) is 6.31. The highest BCUT2D eigenvalue weighted by atomic mass is 19.4. The van der Waals surface area contributed by atoms with Crippen molar-refractivity contribution >= 4 is 22.6 Å². The maximum Gasteiger partial charge on any atom is 0.416 e. The van der Waals surface area contributed by atoms with Crippen LogP contribution in [0, 0.1) is 23.2 Å². The van der Waals surface area contributed by atoms with Crippen molar-refractivity contribution < 1.29 is 32.6 Å². The Labute approximate surface area is 224 Å². The largest absolute Gasteiger partial charge is 0.487 e. The number of benzene rings is 3. The minimum atomic E-state index is -4.43. The fraction of sp³-hybridized carbons (Fsp3) is 0.419. The van der Waals surface area contributed by atoms with Crippen molar-refractivity contribution in [3.05, 3.63) is 77.4 Å². The average molecular weight is 538 g/mol. The summed E-state index contributed by atoms with van der Waals surface area (Å²) in [5.74, 6) is 0.319. The number of amides is 1. The SMILES string of the molecule is O=C(N[C@H](C(=O)O)C12CC3CC(CC(C3)C1)C2)c1ccc2ccccc2c1OCc1ccc(C(F)(F)F)cc1. The van der Waals surface area contributed by atoms with Gasteiger partial charge in [0.2, 0.25) is 0 Å². The zero-order valence-electron chi connectivity index (χ0n) is 21.3. The zero-order valence-corrected chi connectivity index (χ0v) is 21.3. The third kappa shape index (κ3) is 4.85. The summed E-state index contributed by atoms with van der Waals surface area (Å²) in [5, 5.41) is 14.6. The van der Waals surface area contributed by atoms with E-state index in [1.807, 2.05) is 24.3 Å². The van der Waals surface area contributed by atoms with Crippen LogP contribution in [0.1, 0.15) is 60.0 Å². The molecule has 4 bridgehead atoms. The smallest absolute Gasteiger partial charge is 0.416 e. The van der Waals surface area contributed by atoms with Crippen molar-refractivity contribution in [3.8, 4) is 5.75 Å². The summed E-state index contributed by atoms with van der Waals surface area (Å²) in [7, 11) is 0. The quantitative estimate of drug-likeness (QED) is 0.346. The lowest BCUT2D eigenvalue weighted by Gasteiger charge is -2.58. The molecule has 2 N–H and O–H groups in total. The normalized spacial score (nSPS) is 26.4. The second-order valence-corrected chi connectivity index (χ2v) is 11.7. The van der Waals surface area contributed by atoms with Gasteiger partial charge in [0.1, 0.15) is 18.4 Å².